The maximum absolute atomic E-state index is 12.8. The molecule has 3 aromatic rings. The van der Waals surface area contributed by atoms with E-state index in [0.717, 1.165) is 22.0 Å². The van der Waals surface area contributed by atoms with Gasteiger partial charge in [-0.25, -0.2) is 0 Å². The van der Waals surface area contributed by atoms with Crippen molar-refractivity contribution >= 4 is 51.8 Å². The summed E-state index contributed by atoms with van der Waals surface area (Å²) in [4.78, 5) is 53.7. The number of fused-ring (bicyclic) bond motifs is 2. The minimum absolute atomic E-state index is 0.201. The first-order valence-electron chi connectivity index (χ1n) is 10.2. The van der Waals surface area contributed by atoms with E-state index < -0.39 is 11.9 Å². The Hall–Kier alpha value is -3.65. The van der Waals surface area contributed by atoms with Crippen molar-refractivity contribution in [3.8, 4) is 0 Å². The summed E-state index contributed by atoms with van der Waals surface area (Å²) in [6.45, 7) is 2.14. The first-order valence-corrected chi connectivity index (χ1v) is 10.6. The number of halogens is 1. The van der Waals surface area contributed by atoms with Gasteiger partial charge in [0.25, 0.3) is 11.8 Å². The number of piperidine rings is 1. The predicted molar refractivity (Wildman–Crippen MR) is 118 cm³/mol. The van der Waals surface area contributed by atoms with Crippen LogP contribution in [0.5, 0.6) is 0 Å². The van der Waals surface area contributed by atoms with E-state index in [2.05, 4.69) is 15.6 Å². The van der Waals surface area contributed by atoms with Gasteiger partial charge in [-0.2, -0.15) is 0 Å². The smallest absolute Gasteiger partial charge is 0.272 e. The van der Waals surface area contributed by atoms with E-state index in [9.17, 15) is 19.2 Å². The molecule has 0 radical (unpaired) electrons. The van der Waals surface area contributed by atoms with Gasteiger partial charge in [-0.05, 0) is 60.9 Å². The van der Waals surface area contributed by atoms with Gasteiger partial charge in [0.05, 0.1) is 0 Å². The highest BCUT2D eigenvalue weighted by Crippen LogP contribution is 2.30. The number of aromatic amines is 1. The first-order chi connectivity index (χ1) is 15.3. The summed E-state index contributed by atoms with van der Waals surface area (Å²) in [6, 6.07) is 9.73. The van der Waals surface area contributed by atoms with Crippen LogP contribution in [0.4, 0.5) is 5.69 Å². The standard InChI is InChI=1S/C23H19ClN4O4/c1-11-15-9-18(26-17(15)5-4-16(11)24)21(30)25-13-2-3-14-12(8-13)10-28(23(14)32)19-6-7-20(29)27-22(19)31/h2-5,8-9,19,26H,6-7,10H2,1H3,(H,25,30)(H,27,29,31). The molecule has 0 bridgehead atoms. The van der Waals surface area contributed by atoms with Gasteiger partial charge in [0.1, 0.15) is 11.7 Å². The number of amides is 4. The maximum atomic E-state index is 12.8. The quantitative estimate of drug-likeness (QED) is 0.532. The molecule has 2 aromatic carbocycles. The molecule has 0 spiro atoms. The number of hydrogen-bond acceptors (Lipinski definition) is 4. The van der Waals surface area contributed by atoms with Gasteiger partial charge in [0.15, 0.2) is 0 Å². The average molecular weight is 451 g/mol. The molecule has 9 heteroatoms. The molecular weight excluding hydrogens is 432 g/mol. The molecule has 5 rings (SSSR count). The minimum atomic E-state index is -0.674. The Morgan fingerprint density at radius 1 is 1.16 bits per heavy atom. The summed E-state index contributed by atoms with van der Waals surface area (Å²) in [7, 11) is 0. The topological polar surface area (TPSA) is 111 Å². The molecule has 1 fully saturated rings. The number of H-pyrrole nitrogens is 1. The van der Waals surface area contributed by atoms with E-state index in [4.69, 9.17) is 11.6 Å². The zero-order chi connectivity index (χ0) is 22.6. The van der Waals surface area contributed by atoms with Gasteiger partial charge in [-0.15, -0.1) is 0 Å². The number of imide groups is 1. The van der Waals surface area contributed by atoms with Crippen molar-refractivity contribution in [2.75, 3.05) is 5.32 Å². The van der Waals surface area contributed by atoms with Crippen LogP contribution in [0.25, 0.3) is 10.9 Å². The van der Waals surface area contributed by atoms with Crippen LogP contribution < -0.4 is 10.6 Å². The van der Waals surface area contributed by atoms with E-state index >= 15 is 0 Å². The lowest BCUT2D eigenvalue weighted by atomic mass is 10.0. The molecule has 2 aliphatic rings. The molecule has 0 aliphatic carbocycles. The molecule has 1 unspecified atom stereocenters. The number of benzene rings is 2. The second-order valence-electron chi connectivity index (χ2n) is 8.04. The van der Waals surface area contributed by atoms with E-state index in [1.54, 1.807) is 30.3 Å². The van der Waals surface area contributed by atoms with Crippen LogP contribution in [0.2, 0.25) is 5.02 Å². The molecule has 162 valence electrons. The van der Waals surface area contributed by atoms with Crippen molar-refractivity contribution in [3.63, 3.8) is 0 Å². The van der Waals surface area contributed by atoms with Crippen LogP contribution >= 0.6 is 11.6 Å². The molecule has 2 aliphatic heterocycles. The molecule has 3 N–H and O–H groups in total. The van der Waals surface area contributed by atoms with Crippen LogP contribution in [0.3, 0.4) is 0 Å². The van der Waals surface area contributed by atoms with Crippen molar-refractivity contribution in [1.29, 1.82) is 0 Å². The minimum Gasteiger partial charge on any atom is -0.351 e. The highest BCUT2D eigenvalue weighted by atomic mass is 35.5. The van der Waals surface area contributed by atoms with E-state index in [1.165, 1.54) is 4.90 Å². The highest BCUT2D eigenvalue weighted by molar-refractivity contribution is 6.32. The third-order valence-corrected chi connectivity index (χ3v) is 6.44. The Morgan fingerprint density at radius 2 is 1.97 bits per heavy atom. The molecular formula is C23H19ClN4O4. The average Bonchev–Trinajstić information content (AvgIpc) is 3.33. The summed E-state index contributed by atoms with van der Waals surface area (Å²) in [5.74, 6) is -1.35. The van der Waals surface area contributed by atoms with E-state index in [-0.39, 0.29) is 30.7 Å². The number of carbonyl (C=O) groups is 4. The maximum Gasteiger partial charge on any atom is 0.272 e. The number of aryl methyl sites for hydroxylation is 1. The largest absolute Gasteiger partial charge is 0.351 e. The highest BCUT2D eigenvalue weighted by Gasteiger charge is 2.39. The third-order valence-electron chi connectivity index (χ3n) is 6.03. The molecule has 8 nitrogen and oxygen atoms in total. The molecule has 32 heavy (non-hydrogen) atoms. The third kappa shape index (κ3) is 3.33. The first kappa shape index (κ1) is 20.3. The van der Waals surface area contributed by atoms with Crippen LogP contribution in [0.15, 0.2) is 36.4 Å². The summed E-state index contributed by atoms with van der Waals surface area (Å²) in [5.41, 5.74) is 3.85. The predicted octanol–water partition coefficient (Wildman–Crippen LogP) is 3.14. The second-order valence-corrected chi connectivity index (χ2v) is 8.45. The number of nitrogens with zero attached hydrogens (tertiary/aromatic N) is 1. The van der Waals surface area contributed by atoms with Gasteiger partial charge >= 0.3 is 0 Å². The fourth-order valence-electron chi connectivity index (χ4n) is 4.30. The summed E-state index contributed by atoms with van der Waals surface area (Å²) in [6.07, 6.45) is 0.505. The summed E-state index contributed by atoms with van der Waals surface area (Å²) in [5, 5.41) is 6.65. The lowest BCUT2D eigenvalue weighted by Gasteiger charge is -2.29. The van der Waals surface area contributed by atoms with Gasteiger partial charge in [-0.1, -0.05) is 11.6 Å². The van der Waals surface area contributed by atoms with Crippen molar-refractivity contribution < 1.29 is 19.2 Å². The Labute approximate surface area is 187 Å². The monoisotopic (exact) mass is 450 g/mol. The van der Waals surface area contributed by atoms with Crippen molar-refractivity contribution in [3.05, 3.63) is 63.8 Å². The van der Waals surface area contributed by atoms with Crippen LogP contribution in [0, 0.1) is 6.92 Å². The lowest BCUT2D eigenvalue weighted by Crippen LogP contribution is -2.52. The normalized spacial score (nSPS) is 18.1. The Bertz CT molecular complexity index is 1330. The van der Waals surface area contributed by atoms with Crippen molar-refractivity contribution in [1.82, 2.24) is 15.2 Å². The number of hydrogen-bond donors (Lipinski definition) is 3. The van der Waals surface area contributed by atoms with Crippen molar-refractivity contribution in [2.45, 2.75) is 32.4 Å². The molecule has 3 heterocycles. The van der Waals surface area contributed by atoms with Gasteiger partial charge in [-0.3, -0.25) is 24.5 Å². The van der Waals surface area contributed by atoms with Crippen molar-refractivity contribution in [2.24, 2.45) is 0 Å². The molecule has 1 aromatic heterocycles. The SMILES string of the molecule is Cc1c(Cl)ccc2[nH]c(C(=O)Nc3ccc4c(c3)CN(C3CCC(=O)NC3=O)C4=O)cc12. The second kappa shape index (κ2) is 7.49. The Balaban J connectivity index is 1.35. The zero-order valence-electron chi connectivity index (χ0n) is 17.1. The summed E-state index contributed by atoms with van der Waals surface area (Å²) >= 11 is 6.17. The van der Waals surface area contributed by atoms with E-state index in [1.807, 2.05) is 13.0 Å². The molecule has 1 saturated heterocycles. The zero-order valence-corrected chi connectivity index (χ0v) is 17.9. The number of anilines is 1. The molecule has 1 atom stereocenters. The Morgan fingerprint density at radius 3 is 2.75 bits per heavy atom. The lowest BCUT2D eigenvalue weighted by molar-refractivity contribution is -0.136. The fourth-order valence-corrected chi connectivity index (χ4v) is 4.46. The van der Waals surface area contributed by atoms with Gasteiger partial charge < -0.3 is 15.2 Å². The number of rotatable bonds is 3. The fraction of sp³-hybridized carbons (Fsp3) is 0.217. The number of nitrogens with one attached hydrogen (secondary N) is 3. The van der Waals surface area contributed by atoms with Gasteiger partial charge in [0.2, 0.25) is 11.8 Å². The van der Waals surface area contributed by atoms with E-state index in [0.29, 0.717) is 28.4 Å². The molecule has 0 saturated carbocycles. The van der Waals surface area contributed by atoms with Crippen LogP contribution in [0.1, 0.15) is 44.8 Å². The summed E-state index contributed by atoms with van der Waals surface area (Å²) < 4.78 is 0. The Kier molecular flexibility index (Phi) is 4.74. The number of aromatic nitrogens is 1. The number of carbonyl (C=O) groups excluding carboxylic acids is 4. The van der Waals surface area contributed by atoms with Crippen LogP contribution in [-0.2, 0) is 16.1 Å². The van der Waals surface area contributed by atoms with Gasteiger partial charge in [0, 0.05) is 40.1 Å². The molecule has 4 amide bonds. The van der Waals surface area contributed by atoms with Crippen LogP contribution in [-0.4, -0.2) is 39.6 Å².